The van der Waals surface area contributed by atoms with E-state index in [2.05, 4.69) is 14.9 Å². The summed E-state index contributed by atoms with van der Waals surface area (Å²) < 4.78 is 39.3. The number of thiophene rings is 1. The van der Waals surface area contributed by atoms with Gasteiger partial charge in [0.25, 0.3) is 5.89 Å². The van der Waals surface area contributed by atoms with Crippen molar-refractivity contribution in [3.05, 3.63) is 47.2 Å². The molecule has 5 nitrogen and oxygen atoms in total. The van der Waals surface area contributed by atoms with Gasteiger partial charge in [0.1, 0.15) is 5.03 Å². The molecule has 3 aromatic rings. The highest BCUT2D eigenvalue weighted by Crippen LogP contribution is 2.32. The molecular formula is C16H11ClF2N2O3S. The highest BCUT2D eigenvalue weighted by molar-refractivity contribution is 7.13. The molecule has 0 bridgehead atoms. The molecule has 0 unspecified atom stereocenters. The Bertz CT molecular complexity index is 881. The maximum atomic E-state index is 12.4. The van der Waals surface area contributed by atoms with Crippen LogP contribution in [0.4, 0.5) is 8.78 Å². The van der Waals surface area contributed by atoms with Crippen molar-refractivity contribution in [2.24, 2.45) is 0 Å². The summed E-state index contributed by atoms with van der Waals surface area (Å²) in [5.41, 5.74) is 0.597. The largest absolute Gasteiger partial charge is 0.493 e. The summed E-state index contributed by atoms with van der Waals surface area (Å²) in [6.45, 7) is -2.94. The summed E-state index contributed by atoms with van der Waals surface area (Å²) in [6, 6.07) is 8.17. The van der Waals surface area contributed by atoms with Crippen molar-refractivity contribution >= 4 is 34.0 Å². The minimum atomic E-state index is -2.94. The minimum Gasteiger partial charge on any atom is -0.493 e. The average Bonchev–Trinajstić information content (AvgIpc) is 3.26. The zero-order chi connectivity index (χ0) is 17.8. The number of ether oxygens (including phenoxy) is 2. The molecule has 0 amide bonds. The second kappa shape index (κ2) is 7.62. The van der Waals surface area contributed by atoms with Crippen LogP contribution < -0.4 is 9.47 Å². The SMILES string of the molecule is COc1cc(/C=C(\Cl)c2nc(-c3cccs3)no2)ccc1OC(F)F. The maximum Gasteiger partial charge on any atom is 0.387 e. The molecule has 0 saturated heterocycles. The zero-order valence-corrected chi connectivity index (χ0v) is 14.4. The molecule has 0 saturated carbocycles. The molecule has 0 fully saturated rings. The van der Waals surface area contributed by atoms with Crippen molar-refractivity contribution in [3.8, 4) is 22.2 Å². The van der Waals surface area contributed by atoms with E-state index < -0.39 is 6.61 Å². The van der Waals surface area contributed by atoms with Gasteiger partial charge in [0.2, 0.25) is 5.82 Å². The third-order valence-electron chi connectivity index (χ3n) is 3.07. The summed E-state index contributed by atoms with van der Waals surface area (Å²) >= 11 is 7.69. The molecule has 3 rings (SSSR count). The lowest BCUT2D eigenvalue weighted by Gasteiger charge is -2.10. The number of rotatable bonds is 6. The predicted octanol–water partition coefficient (Wildman–Crippen LogP) is 5.15. The Morgan fingerprint density at radius 2 is 2.16 bits per heavy atom. The van der Waals surface area contributed by atoms with Gasteiger partial charge in [-0.25, -0.2) is 0 Å². The lowest BCUT2D eigenvalue weighted by atomic mass is 10.2. The Labute approximate surface area is 150 Å². The van der Waals surface area contributed by atoms with Gasteiger partial charge < -0.3 is 14.0 Å². The first kappa shape index (κ1) is 17.4. The van der Waals surface area contributed by atoms with E-state index in [4.69, 9.17) is 20.9 Å². The van der Waals surface area contributed by atoms with E-state index in [0.717, 1.165) is 4.88 Å². The molecular weight excluding hydrogens is 374 g/mol. The van der Waals surface area contributed by atoms with E-state index in [0.29, 0.717) is 11.4 Å². The Morgan fingerprint density at radius 3 is 2.84 bits per heavy atom. The Balaban J connectivity index is 1.84. The number of halogens is 3. The molecule has 0 atom stereocenters. The van der Waals surface area contributed by atoms with Crippen molar-refractivity contribution in [3.63, 3.8) is 0 Å². The van der Waals surface area contributed by atoms with Crippen LogP contribution >= 0.6 is 22.9 Å². The van der Waals surface area contributed by atoms with Gasteiger partial charge in [-0.05, 0) is 35.2 Å². The fourth-order valence-corrected chi connectivity index (χ4v) is 2.85. The summed E-state index contributed by atoms with van der Waals surface area (Å²) in [5, 5.41) is 5.98. The van der Waals surface area contributed by atoms with E-state index in [1.54, 1.807) is 12.1 Å². The van der Waals surface area contributed by atoms with Gasteiger partial charge in [0.05, 0.1) is 12.0 Å². The number of benzene rings is 1. The van der Waals surface area contributed by atoms with Crippen LogP contribution in [0.25, 0.3) is 21.8 Å². The smallest absolute Gasteiger partial charge is 0.387 e. The number of hydrogen-bond acceptors (Lipinski definition) is 6. The van der Waals surface area contributed by atoms with Crippen LogP contribution in [0.3, 0.4) is 0 Å². The summed E-state index contributed by atoms with van der Waals surface area (Å²) in [6.07, 6.45) is 1.56. The van der Waals surface area contributed by atoms with Gasteiger partial charge in [-0.1, -0.05) is 28.9 Å². The molecule has 0 spiro atoms. The van der Waals surface area contributed by atoms with Crippen molar-refractivity contribution in [1.29, 1.82) is 0 Å². The standard InChI is InChI=1S/C16H11ClF2N2O3S/c1-22-12-8-9(4-5-11(12)23-16(18)19)7-10(17)15-20-14(21-24-15)13-3-2-6-25-13/h2-8,16H,1H3/b10-7-. The fourth-order valence-electron chi connectivity index (χ4n) is 2.00. The first-order valence-corrected chi connectivity index (χ1v) is 8.20. The van der Waals surface area contributed by atoms with Crippen LogP contribution in [0.15, 0.2) is 40.2 Å². The number of alkyl halides is 2. The van der Waals surface area contributed by atoms with Crippen LogP contribution in [0.5, 0.6) is 11.5 Å². The number of aromatic nitrogens is 2. The first-order valence-electron chi connectivity index (χ1n) is 6.95. The Kier molecular flexibility index (Phi) is 5.30. The molecule has 0 aliphatic carbocycles. The van der Waals surface area contributed by atoms with Crippen LogP contribution in [0.1, 0.15) is 11.5 Å². The van der Waals surface area contributed by atoms with Gasteiger partial charge >= 0.3 is 6.61 Å². The topological polar surface area (TPSA) is 57.4 Å². The van der Waals surface area contributed by atoms with E-state index in [9.17, 15) is 8.78 Å². The maximum absolute atomic E-state index is 12.4. The number of nitrogens with zero attached hydrogens (tertiary/aromatic N) is 2. The van der Waals surface area contributed by atoms with Crippen LogP contribution in [0, 0.1) is 0 Å². The van der Waals surface area contributed by atoms with Crippen molar-refractivity contribution in [2.45, 2.75) is 6.61 Å². The molecule has 9 heteroatoms. The number of methoxy groups -OCH3 is 1. The molecule has 2 heterocycles. The van der Waals surface area contributed by atoms with Crippen molar-refractivity contribution in [1.82, 2.24) is 10.1 Å². The van der Waals surface area contributed by atoms with Gasteiger partial charge in [0, 0.05) is 0 Å². The van der Waals surface area contributed by atoms with Crippen LogP contribution in [-0.2, 0) is 0 Å². The normalized spacial score (nSPS) is 11.8. The van der Waals surface area contributed by atoms with Gasteiger partial charge in [-0.15, -0.1) is 11.3 Å². The van der Waals surface area contributed by atoms with E-state index in [-0.39, 0.29) is 22.4 Å². The molecule has 2 aromatic heterocycles. The molecule has 0 radical (unpaired) electrons. The second-order valence-electron chi connectivity index (χ2n) is 4.68. The van der Waals surface area contributed by atoms with Gasteiger partial charge in [-0.3, -0.25) is 0 Å². The monoisotopic (exact) mass is 384 g/mol. The third kappa shape index (κ3) is 4.15. The summed E-state index contributed by atoms with van der Waals surface area (Å²) in [4.78, 5) is 5.08. The fraction of sp³-hybridized carbons (Fsp3) is 0.125. The first-order chi connectivity index (χ1) is 12.1. The third-order valence-corrected chi connectivity index (χ3v) is 4.21. The summed E-state index contributed by atoms with van der Waals surface area (Å²) in [7, 11) is 1.36. The molecule has 0 aliphatic rings. The lowest BCUT2D eigenvalue weighted by molar-refractivity contribution is -0.0512. The zero-order valence-electron chi connectivity index (χ0n) is 12.8. The Morgan fingerprint density at radius 1 is 1.32 bits per heavy atom. The molecule has 1 aromatic carbocycles. The molecule has 130 valence electrons. The highest BCUT2D eigenvalue weighted by Gasteiger charge is 2.14. The predicted molar refractivity (Wildman–Crippen MR) is 91.0 cm³/mol. The molecule has 0 N–H and O–H groups in total. The van der Waals surface area contributed by atoms with Crippen molar-refractivity contribution in [2.75, 3.05) is 7.11 Å². The molecule has 25 heavy (non-hydrogen) atoms. The van der Waals surface area contributed by atoms with Crippen LogP contribution in [-0.4, -0.2) is 23.9 Å². The van der Waals surface area contributed by atoms with E-state index in [1.165, 1.54) is 30.6 Å². The van der Waals surface area contributed by atoms with Crippen molar-refractivity contribution < 1.29 is 22.8 Å². The van der Waals surface area contributed by atoms with E-state index in [1.807, 2.05) is 17.5 Å². The van der Waals surface area contributed by atoms with Crippen LogP contribution in [0.2, 0.25) is 0 Å². The minimum absolute atomic E-state index is 0.0662. The highest BCUT2D eigenvalue weighted by atomic mass is 35.5. The average molecular weight is 385 g/mol. The van der Waals surface area contributed by atoms with Gasteiger partial charge in [-0.2, -0.15) is 13.8 Å². The Hall–Kier alpha value is -2.45. The number of hydrogen-bond donors (Lipinski definition) is 0. The second-order valence-corrected chi connectivity index (χ2v) is 6.04. The molecule has 0 aliphatic heterocycles. The van der Waals surface area contributed by atoms with E-state index >= 15 is 0 Å². The van der Waals surface area contributed by atoms with Gasteiger partial charge in [0.15, 0.2) is 11.5 Å². The summed E-state index contributed by atoms with van der Waals surface area (Å²) in [5.74, 6) is 0.679. The quantitative estimate of drug-likeness (QED) is 0.588. The lowest BCUT2D eigenvalue weighted by Crippen LogP contribution is -2.03.